The van der Waals surface area contributed by atoms with Gasteiger partial charge in [0.15, 0.2) is 0 Å². The summed E-state index contributed by atoms with van der Waals surface area (Å²) in [4.78, 5) is 23.5. The van der Waals surface area contributed by atoms with E-state index in [1.54, 1.807) is 0 Å². The highest BCUT2D eigenvalue weighted by molar-refractivity contribution is 5.93. The highest BCUT2D eigenvalue weighted by Gasteiger charge is 2.20. The molecule has 1 saturated carbocycles. The number of amides is 2. The van der Waals surface area contributed by atoms with Gasteiger partial charge in [-0.15, -0.1) is 0 Å². The average molecular weight is 301 g/mol. The summed E-state index contributed by atoms with van der Waals surface area (Å²) in [6, 6.07) is 9.22. The Morgan fingerprint density at radius 3 is 2.64 bits per heavy atom. The zero-order chi connectivity index (χ0) is 15.8. The number of carbonyl (C=O) groups is 2. The number of rotatable bonds is 6. The van der Waals surface area contributed by atoms with Gasteiger partial charge in [-0.2, -0.15) is 5.10 Å². The molecule has 0 unspecified atom stereocenters. The second-order valence-electron chi connectivity index (χ2n) is 5.55. The van der Waals surface area contributed by atoms with Crippen LogP contribution in [-0.4, -0.2) is 17.5 Å². The van der Waals surface area contributed by atoms with Crippen molar-refractivity contribution >= 4 is 23.2 Å². The van der Waals surface area contributed by atoms with Crippen molar-refractivity contribution < 1.29 is 9.59 Å². The minimum absolute atomic E-state index is 0.145. The van der Waals surface area contributed by atoms with Crippen LogP contribution in [0.15, 0.2) is 35.4 Å². The van der Waals surface area contributed by atoms with Gasteiger partial charge in [0.1, 0.15) is 0 Å². The van der Waals surface area contributed by atoms with Crippen LogP contribution in [-0.2, 0) is 9.59 Å². The molecule has 0 bridgehead atoms. The number of benzene rings is 1. The highest BCUT2D eigenvalue weighted by atomic mass is 16.2. The Kier molecular flexibility index (Phi) is 6.13. The molecule has 2 rings (SSSR count). The van der Waals surface area contributed by atoms with Crippen molar-refractivity contribution in [1.29, 1.82) is 0 Å². The Morgan fingerprint density at radius 1 is 1.18 bits per heavy atom. The molecule has 1 atom stereocenters. The maximum atomic E-state index is 11.8. The van der Waals surface area contributed by atoms with Crippen molar-refractivity contribution in [3.8, 4) is 0 Å². The monoisotopic (exact) mass is 301 g/mol. The lowest BCUT2D eigenvalue weighted by molar-refractivity contribution is -0.124. The topological polar surface area (TPSA) is 70.6 Å². The molecule has 1 aromatic rings. The summed E-state index contributed by atoms with van der Waals surface area (Å²) >= 11 is 0. The molecule has 0 heterocycles. The Balaban J connectivity index is 1.71. The third kappa shape index (κ3) is 4.98. The minimum Gasteiger partial charge on any atom is -0.326 e. The lowest BCUT2D eigenvalue weighted by Gasteiger charge is -2.08. The van der Waals surface area contributed by atoms with Crippen LogP contribution in [0.2, 0.25) is 0 Å². The van der Waals surface area contributed by atoms with Gasteiger partial charge in [0.2, 0.25) is 11.8 Å². The molecule has 2 N–H and O–H groups in total. The van der Waals surface area contributed by atoms with E-state index in [1.165, 1.54) is 0 Å². The van der Waals surface area contributed by atoms with E-state index in [2.05, 4.69) is 22.8 Å². The first-order chi connectivity index (χ1) is 10.7. The van der Waals surface area contributed by atoms with Crippen molar-refractivity contribution in [2.45, 2.75) is 45.4 Å². The van der Waals surface area contributed by atoms with Gasteiger partial charge in [0.05, 0.1) is 0 Å². The van der Waals surface area contributed by atoms with Crippen LogP contribution in [0.4, 0.5) is 5.69 Å². The van der Waals surface area contributed by atoms with Gasteiger partial charge >= 0.3 is 0 Å². The first kappa shape index (κ1) is 16.2. The summed E-state index contributed by atoms with van der Waals surface area (Å²) in [5.74, 6) is 0.125. The number of nitrogens with one attached hydrogen (secondary N) is 2. The molecule has 0 aromatic heterocycles. The van der Waals surface area contributed by atoms with Crippen LogP contribution in [0.1, 0.15) is 45.4 Å². The van der Waals surface area contributed by atoms with Gasteiger partial charge in [-0.1, -0.05) is 25.1 Å². The van der Waals surface area contributed by atoms with Crippen LogP contribution in [0.5, 0.6) is 0 Å². The molecule has 1 aliphatic carbocycles. The number of nitrogens with zero attached hydrogens (tertiary/aromatic N) is 1. The van der Waals surface area contributed by atoms with Gasteiger partial charge < -0.3 is 5.32 Å². The first-order valence-electron chi connectivity index (χ1n) is 7.89. The number of para-hydroxylation sites is 1. The molecule has 2 amide bonds. The molecule has 1 aromatic carbocycles. The van der Waals surface area contributed by atoms with Crippen LogP contribution in [0, 0.1) is 5.92 Å². The second kappa shape index (κ2) is 8.32. The van der Waals surface area contributed by atoms with Gasteiger partial charge in [0.25, 0.3) is 0 Å². The molecule has 5 nitrogen and oxygen atoms in total. The standard InChI is InChI=1S/C17H23N3O2/c1-2-13-7-6-10-15(13)19-20-17(22)12-11-16(21)18-14-8-4-3-5-9-14/h3-5,8-9,13H,2,6-7,10-12H2,1H3,(H,18,21)(H,20,22)/b19-15-/t13-/m0/s1. The fourth-order valence-electron chi connectivity index (χ4n) is 2.65. The minimum atomic E-state index is -0.211. The predicted molar refractivity (Wildman–Crippen MR) is 87.5 cm³/mol. The highest BCUT2D eigenvalue weighted by Crippen LogP contribution is 2.24. The number of carbonyl (C=O) groups excluding carboxylic acids is 2. The van der Waals surface area contributed by atoms with Crippen molar-refractivity contribution in [3.63, 3.8) is 0 Å². The third-order valence-electron chi connectivity index (χ3n) is 3.91. The van der Waals surface area contributed by atoms with E-state index in [9.17, 15) is 9.59 Å². The van der Waals surface area contributed by atoms with Gasteiger partial charge in [-0.25, -0.2) is 5.43 Å². The lowest BCUT2D eigenvalue weighted by atomic mass is 10.0. The molecule has 0 radical (unpaired) electrons. The molecule has 0 aliphatic heterocycles. The van der Waals surface area contributed by atoms with Crippen LogP contribution >= 0.6 is 0 Å². The number of hydrogen-bond acceptors (Lipinski definition) is 3. The van der Waals surface area contributed by atoms with Crippen LogP contribution < -0.4 is 10.7 Å². The molecule has 1 aliphatic rings. The lowest BCUT2D eigenvalue weighted by Crippen LogP contribution is -2.22. The molecule has 5 heteroatoms. The van der Waals surface area contributed by atoms with E-state index >= 15 is 0 Å². The van der Waals surface area contributed by atoms with E-state index in [-0.39, 0.29) is 24.7 Å². The van der Waals surface area contributed by atoms with Crippen molar-refractivity contribution in [1.82, 2.24) is 5.43 Å². The van der Waals surface area contributed by atoms with Gasteiger partial charge in [-0.3, -0.25) is 9.59 Å². The summed E-state index contributed by atoms with van der Waals surface area (Å²) in [6.45, 7) is 2.14. The maximum Gasteiger partial charge on any atom is 0.240 e. The number of anilines is 1. The maximum absolute atomic E-state index is 11.8. The van der Waals surface area contributed by atoms with Crippen LogP contribution in [0.3, 0.4) is 0 Å². The number of hydrazone groups is 1. The largest absolute Gasteiger partial charge is 0.326 e. The Morgan fingerprint density at radius 2 is 1.91 bits per heavy atom. The van der Waals surface area contributed by atoms with Crippen molar-refractivity contribution in [3.05, 3.63) is 30.3 Å². The smallest absolute Gasteiger partial charge is 0.240 e. The quantitative estimate of drug-likeness (QED) is 0.793. The summed E-state index contributed by atoms with van der Waals surface area (Å²) in [6.07, 6.45) is 4.63. The van der Waals surface area contributed by atoms with Gasteiger partial charge in [-0.05, 0) is 43.7 Å². The molecule has 1 fully saturated rings. The average Bonchev–Trinajstić information content (AvgIpc) is 2.99. The molecular weight excluding hydrogens is 278 g/mol. The summed E-state index contributed by atoms with van der Waals surface area (Å²) < 4.78 is 0. The first-order valence-corrected chi connectivity index (χ1v) is 7.89. The Hall–Kier alpha value is -2.17. The predicted octanol–water partition coefficient (Wildman–Crippen LogP) is 3.09. The van der Waals surface area contributed by atoms with E-state index in [0.29, 0.717) is 5.92 Å². The van der Waals surface area contributed by atoms with Crippen LogP contribution in [0.25, 0.3) is 0 Å². The van der Waals surface area contributed by atoms with Crippen molar-refractivity contribution in [2.75, 3.05) is 5.32 Å². The molecular formula is C17H23N3O2. The molecule has 0 saturated heterocycles. The SMILES string of the molecule is CC[C@H]1CCC/C1=N/NC(=O)CCC(=O)Nc1ccccc1. The Bertz CT molecular complexity index is 540. The zero-order valence-corrected chi connectivity index (χ0v) is 13.0. The zero-order valence-electron chi connectivity index (χ0n) is 13.0. The Labute approximate surface area is 131 Å². The summed E-state index contributed by atoms with van der Waals surface area (Å²) in [5.41, 5.74) is 4.41. The fraction of sp³-hybridized carbons (Fsp3) is 0.471. The van der Waals surface area contributed by atoms with E-state index in [4.69, 9.17) is 0 Å². The van der Waals surface area contributed by atoms with Gasteiger partial charge in [0, 0.05) is 24.2 Å². The summed E-state index contributed by atoms with van der Waals surface area (Å²) in [7, 11) is 0. The van der Waals surface area contributed by atoms with E-state index < -0.39 is 0 Å². The third-order valence-corrected chi connectivity index (χ3v) is 3.91. The normalized spacial score (nSPS) is 19.1. The summed E-state index contributed by atoms with van der Waals surface area (Å²) in [5, 5.41) is 6.98. The molecule has 0 spiro atoms. The second-order valence-corrected chi connectivity index (χ2v) is 5.55. The molecule has 22 heavy (non-hydrogen) atoms. The molecule has 118 valence electrons. The number of hydrogen-bond donors (Lipinski definition) is 2. The fourth-order valence-corrected chi connectivity index (χ4v) is 2.65. The van der Waals surface area contributed by atoms with E-state index in [1.807, 2.05) is 30.3 Å². The van der Waals surface area contributed by atoms with E-state index in [0.717, 1.165) is 37.1 Å². The van der Waals surface area contributed by atoms with Crippen molar-refractivity contribution in [2.24, 2.45) is 11.0 Å².